The molecule has 3 N–H and O–H groups in total. The Kier molecular flexibility index (Phi) is 9.79. The van der Waals surface area contributed by atoms with Crippen molar-refractivity contribution in [3.8, 4) is 17.1 Å². The third kappa shape index (κ3) is 7.21. The lowest BCUT2D eigenvalue weighted by molar-refractivity contribution is -0.137. The lowest BCUT2D eigenvalue weighted by atomic mass is 9.90. The number of anilines is 2. The third-order valence-electron chi connectivity index (χ3n) is 10.2. The highest BCUT2D eigenvalue weighted by Gasteiger charge is 2.41. The monoisotopic (exact) mass is 779 g/mol. The minimum Gasteiger partial charge on any atom is -0.504 e. The Morgan fingerprint density at radius 1 is 1.02 bits per heavy atom. The van der Waals surface area contributed by atoms with Crippen LogP contribution in [0.4, 0.5) is 24.5 Å². The molecule has 2 fully saturated rings. The van der Waals surface area contributed by atoms with Crippen LogP contribution >= 0.6 is 11.6 Å². The zero-order chi connectivity index (χ0) is 39.4. The molecule has 18 heteroatoms. The van der Waals surface area contributed by atoms with Gasteiger partial charge in [0.1, 0.15) is 18.6 Å². The smallest absolute Gasteiger partial charge is 0.416 e. The summed E-state index contributed by atoms with van der Waals surface area (Å²) in [7, 11) is 0. The van der Waals surface area contributed by atoms with Gasteiger partial charge in [0, 0.05) is 31.7 Å². The largest absolute Gasteiger partial charge is 0.504 e. The van der Waals surface area contributed by atoms with Crippen molar-refractivity contribution in [3.05, 3.63) is 92.4 Å². The summed E-state index contributed by atoms with van der Waals surface area (Å²) in [6, 6.07) is 9.69. The number of aryl methyl sites for hydroxylation is 1. The Labute approximate surface area is 317 Å². The molecule has 55 heavy (non-hydrogen) atoms. The van der Waals surface area contributed by atoms with Crippen molar-refractivity contribution in [1.29, 1.82) is 0 Å². The van der Waals surface area contributed by atoms with E-state index in [2.05, 4.69) is 20.4 Å². The van der Waals surface area contributed by atoms with Crippen molar-refractivity contribution in [2.24, 2.45) is 5.92 Å². The van der Waals surface area contributed by atoms with Gasteiger partial charge in [-0.2, -0.15) is 22.7 Å². The second-order valence-electron chi connectivity index (χ2n) is 13.9. The van der Waals surface area contributed by atoms with Crippen LogP contribution in [-0.2, 0) is 29.5 Å². The van der Waals surface area contributed by atoms with Gasteiger partial charge in [-0.05, 0) is 62.8 Å². The molecule has 1 saturated carbocycles. The van der Waals surface area contributed by atoms with Gasteiger partial charge in [-0.15, -0.1) is 5.10 Å². The molecule has 2 amide bonds. The molecule has 5 aromatic rings. The Balaban J connectivity index is 1.25. The van der Waals surface area contributed by atoms with E-state index in [0.29, 0.717) is 11.3 Å². The van der Waals surface area contributed by atoms with Crippen molar-refractivity contribution < 1.29 is 33.0 Å². The lowest BCUT2D eigenvalue weighted by Gasteiger charge is -2.36. The molecule has 1 atom stereocenters. The maximum Gasteiger partial charge on any atom is 0.416 e. The van der Waals surface area contributed by atoms with Crippen LogP contribution in [0.25, 0.3) is 17.2 Å². The number of alkyl halides is 3. The van der Waals surface area contributed by atoms with Crippen LogP contribution in [0.2, 0.25) is 5.02 Å². The fraction of sp³-hybridized carbons (Fsp3) is 0.378. The van der Waals surface area contributed by atoms with E-state index in [0.717, 1.165) is 41.1 Å². The fourth-order valence-corrected chi connectivity index (χ4v) is 7.15. The second-order valence-corrected chi connectivity index (χ2v) is 14.3. The average molecular weight is 780 g/mol. The van der Waals surface area contributed by atoms with Gasteiger partial charge in [-0.3, -0.25) is 14.4 Å². The molecule has 0 bridgehead atoms. The zero-order valence-corrected chi connectivity index (χ0v) is 30.8. The van der Waals surface area contributed by atoms with Crippen molar-refractivity contribution in [2.45, 2.75) is 58.4 Å². The number of aliphatic hydroxyl groups is 1. The van der Waals surface area contributed by atoms with Crippen molar-refractivity contribution >= 4 is 40.6 Å². The van der Waals surface area contributed by atoms with E-state index < -0.39 is 41.3 Å². The first-order valence-corrected chi connectivity index (χ1v) is 18.0. The highest BCUT2D eigenvalue weighted by atomic mass is 35.5. The van der Waals surface area contributed by atoms with Crippen LogP contribution in [0.15, 0.2) is 53.6 Å². The predicted octanol–water partition coefficient (Wildman–Crippen LogP) is 4.82. The number of rotatable bonds is 9. The molecule has 0 spiro atoms. The maximum absolute atomic E-state index is 14.4. The van der Waals surface area contributed by atoms with Gasteiger partial charge in [0.2, 0.25) is 11.7 Å². The minimum absolute atomic E-state index is 0.0370. The van der Waals surface area contributed by atoms with Crippen LogP contribution in [0.5, 0.6) is 5.75 Å². The molecule has 4 heterocycles. The highest BCUT2D eigenvalue weighted by Crippen LogP contribution is 2.45. The van der Waals surface area contributed by atoms with E-state index in [1.165, 1.54) is 15.8 Å². The number of fused-ring (bicyclic) bond motifs is 1. The van der Waals surface area contributed by atoms with Crippen LogP contribution < -0.4 is 15.8 Å². The summed E-state index contributed by atoms with van der Waals surface area (Å²) in [5.41, 5.74) is -0.418. The number of nitrogens with one attached hydrogen (secondary N) is 1. The van der Waals surface area contributed by atoms with Gasteiger partial charge in [-0.25, -0.2) is 9.97 Å². The number of halogens is 4. The summed E-state index contributed by atoms with van der Waals surface area (Å²) in [6.07, 6.45) is -1.30. The molecule has 1 aliphatic heterocycles. The summed E-state index contributed by atoms with van der Waals surface area (Å²) < 4.78 is 42.4. The Morgan fingerprint density at radius 2 is 1.69 bits per heavy atom. The number of benzene rings is 2. The van der Waals surface area contributed by atoms with Crippen molar-refractivity contribution in [3.63, 3.8) is 0 Å². The van der Waals surface area contributed by atoms with E-state index in [1.54, 1.807) is 49.9 Å². The molecule has 2 aromatic carbocycles. The van der Waals surface area contributed by atoms with E-state index >= 15 is 0 Å². The van der Waals surface area contributed by atoms with Crippen LogP contribution in [-0.4, -0.2) is 82.2 Å². The molecule has 14 nitrogen and oxygen atoms in total. The van der Waals surface area contributed by atoms with Crippen LogP contribution in [0, 0.1) is 12.8 Å². The number of piperazine rings is 1. The molecule has 1 aliphatic carbocycles. The number of aromatic hydroxyl groups is 1. The summed E-state index contributed by atoms with van der Waals surface area (Å²) >= 11 is 6.14. The van der Waals surface area contributed by atoms with Gasteiger partial charge in [0.25, 0.3) is 11.5 Å². The molecule has 2 aliphatic rings. The Morgan fingerprint density at radius 3 is 2.31 bits per heavy atom. The molecular formula is C37H37ClF3N9O5. The first-order valence-electron chi connectivity index (χ1n) is 17.7. The van der Waals surface area contributed by atoms with Gasteiger partial charge >= 0.3 is 6.18 Å². The third-order valence-corrected chi connectivity index (χ3v) is 10.5. The number of aromatic nitrogens is 6. The predicted molar refractivity (Wildman–Crippen MR) is 196 cm³/mol. The first kappa shape index (κ1) is 37.8. The minimum atomic E-state index is -4.63. The average Bonchev–Trinajstić information content (AvgIpc) is 3.93. The van der Waals surface area contributed by atoms with Gasteiger partial charge in [0.05, 0.1) is 33.3 Å². The fourth-order valence-electron chi connectivity index (χ4n) is 6.92. The van der Waals surface area contributed by atoms with Gasteiger partial charge < -0.3 is 29.9 Å². The normalized spacial score (nSPS) is 16.0. The second kappa shape index (κ2) is 14.3. The van der Waals surface area contributed by atoms with Crippen LogP contribution in [0.1, 0.15) is 59.7 Å². The Bertz CT molecular complexity index is 2370. The Hall–Kier alpha value is -5.55. The molecular weight excluding hydrogens is 743 g/mol. The SMILES string of the molecule is CCc1c(N2CCN(C(=O)c3ncnc(C)c3O)CC2)c(=O)n2nc(-c3ccc(C(C)(O)C4CC4)cc3)nc2n1CC(=O)Nc1ccc(C(F)(F)F)cc1Cl. The van der Waals surface area contributed by atoms with E-state index in [4.69, 9.17) is 16.6 Å². The van der Waals surface area contributed by atoms with Gasteiger partial charge in [-0.1, -0.05) is 42.8 Å². The zero-order valence-electron chi connectivity index (χ0n) is 30.1. The first-order chi connectivity index (χ1) is 26.1. The lowest BCUT2D eigenvalue weighted by Crippen LogP contribution is -2.51. The van der Waals surface area contributed by atoms with Crippen molar-refractivity contribution in [1.82, 2.24) is 34.0 Å². The van der Waals surface area contributed by atoms with E-state index in [1.807, 2.05) is 0 Å². The topological polar surface area (TPSA) is 171 Å². The molecule has 7 rings (SSSR count). The number of hydrogen-bond donors (Lipinski definition) is 3. The molecule has 1 saturated heterocycles. The number of hydrogen-bond acceptors (Lipinski definition) is 10. The number of carbonyl (C=O) groups excluding carboxylic acids is 2. The maximum atomic E-state index is 14.4. The summed E-state index contributed by atoms with van der Waals surface area (Å²) in [4.78, 5) is 57.1. The van der Waals surface area contributed by atoms with Gasteiger partial charge in [0.15, 0.2) is 17.3 Å². The van der Waals surface area contributed by atoms with E-state index in [-0.39, 0.29) is 83.7 Å². The number of amides is 2. The molecule has 0 radical (unpaired) electrons. The highest BCUT2D eigenvalue weighted by molar-refractivity contribution is 6.33. The molecule has 288 valence electrons. The van der Waals surface area contributed by atoms with Crippen LogP contribution in [0.3, 0.4) is 0 Å². The number of carbonyl (C=O) groups is 2. The molecule has 3 aromatic heterocycles. The summed E-state index contributed by atoms with van der Waals surface area (Å²) in [5.74, 6) is -1.05. The quantitative estimate of drug-likeness (QED) is 0.189. The molecule has 1 unspecified atom stereocenters. The standard InChI is InChI=1S/C37H37ClF3N9O5/c1-4-27-30(47-13-15-48(16-14-47)33(53)29-31(52)20(2)42-19-43-29)34(54)50-35(45-32(46-50)21-5-7-22(8-6-21)36(3,55)23-9-10-23)49(27)18-28(51)44-26-12-11-24(17-25(26)38)37(39,40)41/h5-8,11-12,17,19,23,52,55H,4,9-10,13-16,18H2,1-3H3,(H,44,51). The number of nitrogens with zero attached hydrogens (tertiary/aromatic N) is 8. The van der Waals surface area contributed by atoms with Crippen molar-refractivity contribution in [2.75, 3.05) is 36.4 Å². The van der Waals surface area contributed by atoms with E-state index in [9.17, 15) is 37.8 Å². The summed E-state index contributed by atoms with van der Waals surface area (Å²) in [6.45, 7) is 5.50. The summed E-state index contributed by atoms with van der Waals surface area (Å²) in [5, 5.41) is 28.3.